The fourth-order valence-corrected chi connectivity index (χ4v) is 4.96. The van der Waals surface area contributed by atoms with Gasteiger partial charge in [0.05, 0.1) is 12.7 Å². The Morgan fingerprint density at radius 2 is 1.68 bits per heavy atom. The number of fused-ring (bicyclic) bond motifs is 1. The summed E-state index contributed by atoms with van der Waals surface area (Å²) in [4.78, 5) is 43.2. The highest BCUT2D eigenvalue weighted by molar-refractivity contribution is 6.02. The van der Waals surface area contributed by atoms with E-state index in [2.05, 4.69) is 15.7 Å². The van der Waals surface area contributed by atoms with Gasteiger partial charge in [-0.1, -0.05) is 53.7 Å². The molecule has 2 fully saturated rings. The fourth-order valence-electron chi connectivity index (χ4n) is 4.96. The van der Waals surface area contributed by atoms with Crippen LogP contribution in [0.15, 0.2) is 79.3 Å². The van der Waals surface area contributed by atoms with Crippen LogP contribution in [-0.4, -0.2) is 60.4 Å². The van der Waals surface area contributed by atoms with E-state index in [1.54, 1.807) is 23.3 Å². The van der Waals surface area contributed by atoms with Crippen molar-refractivity contribution >= 4 is 23.5 Å². The zero-order chi connectivity index (χ0) is 25.4. The number of hydrazine groups is 1. The molecular weight excluding hydrogens is 472 g/mol. The largest absolute Gasteiger partial charge is 0.340 e. The van der Waals surface area contributed by atoms with E-state index in [0.717, 1.165) is 11.3 Å². The molecule has 188 valence electrons. The Labute approximate surface area is 213 Å². The van der Waals surface area contributed by atoms with Crippen molar-refractivity contribution < 1.29 is 14.4 Å². The summed E-state index contributed by atoms with van der Waals surface area (Å²) in [5.74, 6) is 0.0251. The average molecular weight is 499 g/mol. The van der Waals surface area contributed by atoms with E-state index in [4.69, 9.17) is 0 Å². The van der Waals surface area contributed by atoms with E-state index >= 15 is 0 Å². The highest BCUT2D eigenvalue weighted by atomic mass is 16.2. The monoisotopic (exact) mass is 498 g/mol. The number of hydrogen-bond acceptors (Lipinski definition) is 6. The number of carbonyl (C=O) groups excluding carboxylic acids is 3. The molecule has 3 aliphatic heterocycles. The van der Waals surface area contributed by atoms with E-state index in [1.807, 2.05) is 65.6 Å². The van der Waals surface area contributed by atoms with Gasteiger partial charge in [0.1, 0.15) is 5.69 Å². The van der Waals surface area contributed by atoms with Crippen LogP contribution in [0.2, 0.25) is 0 Å². The minimum absolute atomic E-state index is 0.137. The number of aromatic nitrogens is 3. The van der Waals surface area contributed by atoms with Crippen molar-refractivity contribution in [3.05, 3.63) is 90.5 Å². The summed E-state index contributed by atoms with van der Waals surface area (Å²) in [6.07, 6.45) is 4.62. The lowest BCUT2D eigenvalue weighted by molar-refractivity contribution is -0.128. The molecule has 2 saturated heterocycles. The Morgan fingerprint density at radius 1 is 0.919 bits per heavy atom. The molecule has 1 N–H and O–H groups in total. The first-order valence-corrected chi connectivity index (χ1v) is 12.2. The van der Waals surface area contributed by atoms with Crippen LogP contribution in [0.5, 0.6) is 0 Å². The lowest BCUT2D eigenvalue weighted by Crippen LogP contribution is -2.51. The summed E-state index contributed by atoms with van der Waals surface area (Å²) < 4.78 is 1.72. The Balaban J connectivity index is 1.06. The molecule has 1 aromatic heterocycles. The van der Waals surface area contributed by atoms with E-state index in [1.165, 1.54) is 14.8 Å². The third-order valence-corrected chi connectivity index (χ3v) is 6.75. The zero-order valence-electron chi connectivity index (χ0n) is 20.1. The number of likely N-dealkylation sites (tertiary alicyclic amines) is 1. The number of anilines is 1. The molecular formula is C26H26N8O3. The standard InChI is InChI=1S/C26H26N8O3/c35-23-13-20(15-30(23)14-19-7-3-1-4-8-19)16-31-17-21(27-29-31)18-34-26(37)33-12-11-32(25(36)24(33)28-34)22-9-5-2-6-10-22/h1-12,17,20,24,28H,13-16,18H2. The van der Waals surface area contributed by atoms with Crippen LogP contribution in [0.4, 0.5) is 10.5 Å². The molecule has 3 aliphatic rings. The van der Waals surface area contributed by atoms with E-state index in [0.29, 0.717) is 31.7 Å². The van der Waals surface area contributed by atoms with Gasteiger partial charge in [-0.15, -0.1) is 5.10 Å². The van der Waals surface area contributed by atoms with Gasteiger partial charge in [0.2, 0.25) is 5.91 Å². The minimum atomic E-state index is -0.826. The number of hydrogen-bond donors (Lipinski definition) is 1. The van der Waals surface area contributed by atoms with Crippen molar-refractivity contribution in [3.63, 3.8) is 0 Å². The summed E-state index contributed by atoms with van der Waals surface area (Å²) in [6, 6.07) is 18.9. The van der Waals surface area contributed by atoms with Gasteiger partial charge in [0.25, 0.3) is 5.91 Å². The van der Waals surface area contributed by atoms with Gasteiger partial charge in [-0.05, 0) is 17.7 Å². The summed E-state index contributed by atoms with van der Waals surface area (Å²) in [6.45, 7) is 1.99. The van der Waals surface area contributed by atoms with Gasteiger partial charge in [0, 0.05) is 50.1 Å². The minimum Gasteiger partial charge on any atom is -0.338 e. The lowest BCUT2D eigenvalue weighted by Gasteiger charge is -2.29. The SMILES string of the molecule is O=C1CC(Cn2cc(CN3NC4C(=O)N(c5ccccc5)C=CN4C3=O)nn2)CN1Cc1ccccc1. The van der Waals surface area contributed by atoms with Crippen molar-refractivity contribution in [3.8, 4) is 0 Å². The van der Waals surface area contributed by atoms with Gasteiger partial charge in [0.15, 0.2) is 6.17 Å². The van der Waals surface area contributed by atoms with Crippen LogP contribution in [0, 0.1) is 5.92 Å². The van der Waals surface area contributed by atoms with Gasteiger partial charge in [-0.25, -0.2) is 4.79 Å². The fraction of sp³-hybridized carbons (Fsp3) is 0.269. The van der Waals surface area contributed by atoms with Crippen LogP contribution in [0.25, 0.3) is 0 Å². The van der Waals surface area contributed by atoms with E-state index < -0.39 is 6.17 Å². The summed E-state index contributed by atoms with van der Waals surface area (Å²) in [7, 11) is 0. The van der Waals surface area contributed by atoms with Gasteiger partial charge >= 0.3 is 6.03 Å². The highest BCUT2D eigenvalue weighted by Gasteiger charge is 2.44. The number of urea groups is 1. The molecule has 6 rings (SSSR count). The first kappa shape index (κ1) is 22.9. The molecule has 2 atom stereocenters. The molecule has 11 nitrogen and oxygen atoms in total. The van der Waals surface area contributed by atoms with Crippen molar-refractivity contribution in [2.45, 2.75) is 32.2 Å². The summed E-state index contributed by atoms with van der Waals surface area (Å²) in [5.41, 5.74) is 5.42. The van der Waals surface area contributed by atoms with Crippen molar-refractivity contribution in [2.24, 2.45) is 5.92 Å². The maximum Gasteiger partial charge on any atom is 0.340 e. The molecule has 4 heterocycles. The highest BCUT2D eigenvalue weighted by Crippen LogP contribution is 2.25. The molecule has 37 heavy (non-hydrogen) atoms. The number of benzene rings is 2. The van der Waals surface area contributed by atoms with Gasteiger partial charge < -0.3 is 4.90 Å². The number of nitrogens with one attached hydrogen (secondary N) is 1. The second-order valence-electron chi connectivity index (χ2n) is 9.41. The number of nitrogens with zero attached hydrogens (tertiary/aromatic N) is 7. The molecule has 0 aliphatic carbocycles. The molecule has 0 radical (unpaired) electrons. The third kappa shape index (κ3) is 4.56. The maximum atomic E-state index is 13.0. The van der Waals surface area contributed by atoms with Crippen LogP contribution in [0.3, 0.4) is 0 Å². The van der Waals surface area contributed by atoms with Crippen LogP contribution in [0.1, 0.15) is 17.7 Å². The molecule has 0 saturated carbocycles. The first-order valence-electron chi connectivity index (χ1n) is 12.2. The van der Waals surface area contributed by atoms with Gasteiger partial charge in [-0.2, -0.15) is 5.43 Å². The Kier molecular flexibility index (Phi) is 5.89. The van der Waals surface area contributed by atoms with Crippen molar-refractivity contribution in [1.29, 1.82) is 0 Å². The Morgan fingerprint density at radius 3 is 2.46 bits per heavy atom. The van der Waals surface area contributed by atoms with Gasteiger partial charge in [-0.3, -0.25) is 29.1 Å². The normalized spacial score (nSPS) is 21.4. The average Bonchev–Trinajstić information content (AvgIpc) is 3.59. The number of amides is 4. The molecule has 0 spiro atoms. The second-order valence-corrected chi connectivity index (χ2v) is 9.41. The Bertz CT molecular complexity index is 1340. The molecule has 11 heteroatoms. The van der Waals surface area contributed by atoms with Crippen molar-refractivity contribution in [2.75, 3.05) is 11.4 Å². The van der Waals surface area contributed by atoms with E-state index in [-0.39, 0.29) is 30.3 Å². The molecule has 3 aromatic rings. The summed E-state index contributed by atoms with van der Waals surface area (Å²) in [5, 5.41) is 9.79. The number of carbonyl (C=O) groups is 3. The smallest absolute Gasteiger partial charge is 0.338 e. The molecule has 2 aromatic carbocycles. The molecule has 4 amide bonds. The van der Waals surface area contributed by atoms with Crippen LogP contribution in [-0.2, 0) is 29.2 Å². The van der Waals surface area contributed by atoms with Crippen molar-refractivity contribution in [1.82, 2.24) is 35.2 Å². The van der Waals surface area contributed by atoms with Crippen LogP contribution >= 0.6 is 0 Å². The lowest BCUT2D eigenvalue weighted by atomic mass is 10.1. The molecule has 0 bridgehead atoms. The third-order valence-electron chi connectivity index (χ3n) is 6.75. The quantitative estimate of drug-likeness (QED) is 0.534. The summed E-state index contributed by atoms with van der Waals surface area (Å²) >= 11 is 0. The zero-order valence-corrected chi connectivity index (χ0v) is 20.1. The first-order chi connectivity index (χ1) is 18.0. The maximum absolute atomic E-state index is 13.0. The van der Waals surface area contributed by atoms with Crippen LogP contribution < -0.4 is 10.3 Å². The second kappa shape index (κ2) is 9.51. The predicted octanol–water partition coefficient (Wildman–Crippen LogP) is 1.91. The van der Waals surface area contributed by atoms with E-state index in [9.17, 15) is 14.4 Å². The molecule has 2 unspecified atom stereocenters. The number of para-hydroxylation sites is 1. The Hall–Kier alpha value is -4.51. The topological polar surface area (TPSA) is 107 Å². The number of rotatable bonds is 7. The predicted molar refractivity (Wildman–Crippen MR) is 133 cm³/mol.